The van der Waals surface area contributed by atoms with Crippen molar-refractivity contribution in [1.82, 2.24) is 0 Å². The molecular formula is C26H25F3O4. The molecule has 2 fully saturated rings. The lowest BCUT2D eigenvalue weighted by Crippen LogP contribution is -2.56. The Kier molecular flexibility index (Phi) is 5.32. The smallest absolute Gasteiger partial charge is 0.416 e. The summed E-state index contributed by atoms with van der Waals surface area (Å²) in [7, 11) is 0. The first kappa shape index (κ1) is 23.2. The number of Topliss-reactive ketones (excluding diaryl/α,β-unsaturated/α-hetero) is 1. The third-order valence-electron chi connectivity index (χ3n) is 6.24. The monoisotopic (exact) mass is 458 g/mol. The number of carbonyl (C=O) groups excluding carboxylic acids is 2. The van der Waals surface area contributed by atoms with E-state index in [0.29, 0.717) is 11.1 Å². The molecule has 0 N–H and O–H groups in total. The van der Waals surface area contributed by atoms with Gasteiger partial charge in [-0.2, -0.15) is 13.2 Å². The van der Waals surface area contributed by atoms with Gasteiger partial charge in [-0.1, -0.05) is 49.0 Å². The normalized spacial score (nSPS) is 27.5. The fraction of sp³-hybridized carbons (Fsp3) is 0.385. The van der Waals surface area contributed by atoms with E-state index < -0.39 is 46.2 Å². The van der Waals surface area contributed by atoms with Crippen LogP contribution >= 0.6 is 0 Å². The third-order valence-corrected chi connectivity index (χ3v) is 6.24. The Balaban J connectivity index is 1.91. The van der Waals surface area contributed by atoms with Crippen LogP contribution in [-0.2, 0) is 30.8 Å². The molecule has 33 heavy (non-hydrogen) atoms. The molecule has 0 unspecified atom stereocenters. The van der Waals surface area contributed by atoms with Gasteiger partial charge in [-0.15, -0.1) is 0 Å². The van der Waals surface area contributed by atoms with Crippen molar-refractivity contribution in [3.05, 3.63) is 83.4 Å². The lowest BCUT2D eigenvalue weighted by atomic mass is 9.75. The van der Waals surface area contributed by atoms with Crippen LogP contribution in [0.15, 0.2) is 66.7 Å². The molecule has 2 aliphatic heterocycles. The second-order valence-electron chi connectivity index (χ2n) is 9.53. The molecule has 2 aromatic carbocycles. The topological polar surface area (TPSA) is 52.6 Å². The minimum Gasteiger partial charge on any atom is -0.457 e. The van der Waals surface area contributed by atoms with Gasteiger partial charge in [-0.25, -0.2) is 4.79 Å². The highest BCUT2D eigenvalue weighted by Crippen LogP contribution is 2.61. The van der Waals surface area contributed by atoms with Gasteiger partial charge in [0.2, 0.25) is 5.60 Å². The molecular weight excluding hydrogens is 433 g/mol. The molecule has 2 aliphatic rings. The van der Waals surface area contributed by atoms with Crippen LogP contribution in [0, 0.1) is 0 Å². The van der Waals surface area contributed by atoms with Crippen LogP contribution in [0.2, 0.25) is 0 Å². The number of carbonyl (C=O) groups is 2. The van der Waals surface area contributed by atoms with Crippen molar-refractivity contribution in [2.45, 2.75) is 62.5 Å². The van der Waals surface area contributed by atoms with Crippen LogP contribution in [0.1, 0.15) is 56.2 Å². The molecule has 2 saturated heterocycles. The largest absolute Gasteiger partial charge is 0.457 e. The van der Waals surface area contributed by atoms with Crippen LogP contribution in [0.4, 0.5) is 13.2 Å². The standard InChI is InChI=1S/C26H25F3O4/c1-16-21(17-10-12-19(13-11-17)26(27,28)29)25(22(31)32-23(2,3)4)20(30)14-15-24(16,33-25)18-8-6-5-7-9-18/h5-13,21H,1,14-15H2,2-4H3/t21-,24+,25-/m0/s1. The van der Waals surface area contributed by atoms with Gasteiger partial charge in [-0.3, -0.25) is 4.79 Å². The molecule has 7 heteroatoms. The Morgan fingerprint density at radius 3 is 2.21 bits per heavy atom. The number of rotatable bonds is 3. The minimum absolute atomic E-state index is 0.0459. The molecule has 3 atom stereocenters. The fourth-order valence-electron chi connectivity index (χ4n) is 4.81. The number of hydrogen-bond acceptors (Lipinski definition) is 4. The first-order valence-corrected chi connectivity index (χ1v) is 10.7. The molecule has 4 rings (SSSR count). The fourth-order valence-corrected chi connectivity index (χ4v) is 4.81. The Morgan fingerprint density at radius 2 is 1.67 bits per heavy atom. The number of halogens is 3. The maximum atomic E-state index is 13.5. The van der Waals surface area contributed by atoms with E-state index in [-0.39, 0.29) is 12.8 Å². The number of ketones is 1. The van der Waals surface area contributed by atoms with Gasteiger partial charge in [0.25, 0.3) is 0 Å². The maximum Gasteiger partial charge on any atom is 0.416 e. The predicted molar refractivity (Wildman–Crippen MR) is 115 cm³/mol. The second kappa shape index (κ2) is 7.55. The van der Waals surface area contributed by atoms with E-state index in [9.17, 15) is 22.8 Å². The summed E-state index contributed by atoms with van der Waals surface area (Å²) in [5, 5.41) is 0. The van der Waals surface area contributed by atoms with Gasteiger partial charge < -0.3 is 9.47 Å². The molecule has 4 nitrogen and oxygen atoms in total. The average molecular weight is 458 g/mol. The van der Waals surface area contributed by atoms with Gasteiger partial charge in [-0.05, 0) is 56.0 Å². The van der Waals surface area contributed by atoms with Crippen LogP contribution in [0.3, 0.4) is 0 Å². The highest BCUT2D eigenvalue weighted by Gasteiger charge is 2.70. The van der Waals surface area contributed by atoms with Crippen molar-refractivity contribution in [2.24, 2.45) is 0 Å². The highest BCUT2D eigenvalue weighted by molar-refractivity contribution is 6.10. The summed E-state index contributed by atoms with van der Waals surface area (Å²) in [6.07, 6.45) is -4.19. The summed E-state index contributed by atoms with van der Waals surface area (Å²) in [6.45, 7) is 9.26. The number of ether oxygens (including phenoxy) is 2. The van der Waals surface area contributed by atoms with Gasteiger partial charge in [0.05, 0.1) is 11.5 Å². The molecule has 0 amide bonds. The van der Waals surface area contributed by atoms with Crippen molar-refractivity contribution in [3.8, 4) is 0 Å². The van der Waals surface area contributed by atoms with Crippen LogP contribution in [-0.4, -0.2) is 23.0 Å². The Morgan fingerprint density at radius 1 is 1.06 bits per heavy atom. The first-order valence-electron chi connectivity index (χ1n) is 10.7. The van der Waals surface area contributed by atoms with E-state index in [1.54, 1.807) is 20.8 Å². The van der Waals surface area contributed by atoms with Crippen molar-refractivity contribution in [3.63, 3.8) is 0 Å². The second-order valence-corrected chi connectivity index (χ2v) is 9.53. The van der Waals surface area contributed by atoms with Crippen molar-refractivity contribution >= 4 is 11.8 Å². The minimum atomic E-state index is -4.51. The van der Waals surface area contributed by atoms with E-state index >= 15 is 0 Å². The maximum absolute atomic E-state index is 13.5. The molecule has 0 saturated carbocycles. The Hall–Kier alpha value is -2.93. The van der Waals surface area contributed by atoms with Gasteiger partial charge >= 0.3 is 12.1 Å². The molecule has 0 aliphatic carbocycles. The van der Waals surface area contributed by atoms with Crippen LogP contribution in [0.25, 0.3) is 0 Å². The molecule has 174 valence electrons. The first-order chi connectivity index (χ1) is 15.3. The molecule has 0 radical (unpaired) electrons. The lowest BCUT2D eigenvalue weighted by Gasteiger charge is -2.39. The van der Waals surface area contributed by atoms with E-state index in [4.69, 9.17) is 9.47 Å². The number of benzene rings is 2. The number of esters is 1. The molecule has 0 aromatic heterocycles. The van der Waals surface area contributed by atoms with E-state index in [2.05, 4.69) is 6.58 Å². The van der Waals surface area contributed by atoms with Crippen LogP contribution < -0.4 is 0 Å². The number of alkyl halides is 3. The van der Waals surface area contributed by atoms with E-state index in [1.165, 1.54) is 12.1 Å². The van der Waals surface area contributed by atoms with Crippen molar-refractivity contribution < 1.29 is 32.2 Å². The molecule has 2 heterocycles. The quantitative estimate of drug-likeness (QED) is 0.336. The highest BCUT2D eigenvalue weighted by atomic mass is 19.4. The summed E-state index contributed by atoms with van der Waals surface area (Å²) in [5.74, 6) is -2.32. The van der Waals surface area contributed by atoms with E-state index in [0.717, 1.165) is 17.7 Å². The van der Waals surface area contributed by atoms with Crippen molar-refractivity contribution in [2.75, 3.05) is 0 Å². The van der Waals surface area contributed by atoms with Gasteiger partial charge in [0, 0.05) is 6.42 Å². The van der Waals surface area contributed by atoms with Gasteiger partial charge in [0.15, 0.2) is 5.78 Å². The number of hydrogen-bond donors (Lipinski definition) is 0. The van der Waals surface area contributed by atoms with E-state index in [1.807, 2.05) is 30.3 Å². The Bertz CT molecular complexity index is 1100. The summed E-state index contributed by atoms with van der Waals surface area (Å²) < 4.78 is 51.5. The predicted octanol–water partition coefficient (Wildman–Crippen LogP) is 5.71. The summed E-state index contributed by atoms with van der Waals surface area (Å²) >= 11 is 0. The zero-order valence-corrected chi connectivity index (χ0v) is 18.7. The molecule has 2 aromatic rings. The SMILES string of the molecule is C=C1[C@@H](c2ccc(C(F)(F)F)cc2)[C@@]2(C(=O)OC(C)(C)C)O[C@]1(c1ccccc1)CCC2=O. The average Bonchev–Trinajstić information content (AvgIpc) is 2.97. The van der Waals surface area contributed by atoms with Gasteiger partial charge in [0.1, 0.15) is 11.2 Å². The number of fused-ring (bicyclic) bond motifs is 2. The third kappa shape index (κ3) is 3.68. The zero-order valence-electron chi connectivity index (χ0n) is 18.7. The summed E-state index contributed by atoms with van der Waals surface area (Å²) in [5.41, 5.74) is -3.38. The van der Waals surface area contributed by atoms with Crippen molar-refractivity contribution in [1.29, 1.82) is 0 Å². The summed E-state index contributed by atoms with van der Waals surface area (Å²) in [6, 6.07) is 13.6. The summed E-state index contributed by atoms with van der Waals surface area (Å²) in [4.78, 5) is 26.9. The zero-order chi connectivity index (χ0) is 24.2. The lowest BCUT2D eigenvalue weighted by molar-refractivity contribution is -0.201. The molecule has 2 bridgehead atoms. The molecule has 0 spiro atoms. The Labute approximate surface area is 190 Å². The van der Waals surface area contributed by atoms with Crippen LogP contribution in [0.5, 0.6) is 0 Å².